The Morgan fingerprint density at radius 1 is 1.33 bits per heavy atom. The van der Waals surface area contributed by atoms with Gasteiger partial charge in [0, 0.05) is 11.4 Å². The van der Waals surface area contributed by atoms with Crippen LogP contribution < -0.4 is 17.7 Å². The number of rotatable bonds is 6. The molecule has 1 aromatic rings. The number of carboxylic acid groups (broad SMARTS) is 1. The minimum atomic E-state index is -0.747. The molecule has 0 saturated carbocycles. The number of hydrogen-bond acceptors (Lipinski definition) is 1. The highest BCUT2D eigenvalue weighted by Crippen LogP contribution is 2.13. The van der Waals surface area contributed by atoms with Crippen LogP contribution in [0.2, 0.25) is 5.02 Å². The van der Waals surface area contributed by atoms with E-state index in [4.69, 9.17) is 16.7 Å². The first kappa shape index (κ1) is 17.2. The number of nitrogens with two attached hydrogens (primary N) is 1. The van der Waals surface area contributed by atoms with Gasteiger partial charge in [0.25, 0.3) is 0 Å². The molecule has 0 heterocycles. The Balaban J connectivity index is 0.00000289. The van der Waals surface area contributed by atoms with Crippen molar-refractivity contribution in [2.75, 3.05) is 6.54 Å². The lowest BCUT2D eigenvalue weighted by Gasteiger charge is -2.22. The molecule has 0 aliphatic carbocycles. The maximum Gasteiger partial charge on any atom is 0.309 e. The molecule has 1 rings (SSSR count). The van der Waals surface area contributed by atoms with E-state index >= 15 is 0 Å². The number of quaternary nitrogens is 1. The Labute approximate surface area is 119 Å². The standard InChI is InChI=1S/C13H18ClNO2.ClH/c1-13(2,15-8-7-12(16)17)9-10-3-5-11(14)6-4-10;/h3-6,15H,7-9H2,1-2H3,(H,16,17);1H. The van der Waals surface area contributed by atoms with Crippen LogP contribution in [0.25, 0.3) is 0 Å². The lowest BCUT2D eigenvalue weighted by molar-refractivity contribution is -0.719. The Kier molecular flexibility index (Phi) is 7.29. The molecule has 18 heavy (non-hydrogen) atoms. The first-order valence-corrected chi connectivity index (χ1v) is 6.07. The van der Waals surface area contributed by atoms with E-state index < -0.39 is 5.97 Å². The van der Waals surface area contributed by atoms with Crippen molar-refractivity contribution in [3.8, 4) is 0 Å². The topological polar surface area (TPSA) is 53.9 Å². The molecule has 0 aliphatic rings. The summed E-state index contributed by atoms with van der Waals surface area (Å²) in [6, 6.07) is 7.78. The van der Waals surface area contributed by atoms with Gasteiger partial charge in [-0.15, -0.1) is 0 Å². The smallest absolute Gasteiger partial charge is 0.309 e. The average Bonchev–Trinajstić information content (AvgIpc) is 2.20. The van der Waals surface area contributed by atoms with Gasteiger partial charge in [-0.05, 0) is 31.5 Å². The van der Waals surface area contributed by atoms with E-state index in [1.54, 1.807) is 0 Å². The van der Waals surface area contributed by atoms with Gasteiger partial charge in [-0.25, -0.2) is 0 Å². The van der Waals surface area contributed by atoms with Crippen molar-refractivity contribution >= 4 is 17.6 Å². The average molecular weight is 292 g/mol. The Morgan fingerprint density at radius 3 is 2.39 bits per heavy atom. The lowest BCUT2D eigenvalue weighted by atomic mass is 9.95. The number of carbonyl (C=O) groups is 1. The van der Waals surface area contributed by atoms with Crippen molar-refractivity contribution in [3.05, 3.63) is 34.9 Å². The van der Waals surface area contributed by atoms with Gasteiger partial charge in [0.2, 0.25) is 0 Å². The maximum absolute atomic E-state index is 10.4. The van der Waals surface area contributed by atoms with Crippen LogP contribution in [0.15, 0.2) is 24.3 Å². The zero-order valence-corrected chi connectivity index (χ0v) is 12.1. The van der Waals surface area contributed by atoms with E-state index in [-0.39, 0.29) is 24.4 Å². The highest BCUT2D eigenvalue weighted by molar-refractivity contribution is 6.30. The van der Waals surface area contributed by atoms with Crippen LogP contribution in [-0.4, -0.2) is 23.2 Å². The molecule has 0 atom stereocenters. The molecule has 0 bridgehead atoms. The quantitative estimate of drug-likeness (QED) is 0.685. The van der Waals surface area contributed by atoms with Gasteiger partial charge in [0.15, 0.2) is 0 Å². The van der Waals surface area contributed by atoms with Crippen LogP contribution in [-0.2, 0) is 11.2 Å². The number of benzene rings is 1. The minimum Gasteiger partial charge on any atom is -1.00 e. The molecule has 5 heteroatoms. The second-order valence-electron chi connectivity index (χ2n) is 4.93. The van der Waals surface area contributed by atoms with Crippen molar-refractivity contribution in [2.24, 2.45) is 0 Å². The predicted molar refractivity (Wildman–Crippen MR) is 68.3 cm³/mol. The minimum absolute atomic E-state index is 0. The molecular weight excluding hydrogens is 273 g/mol. The summed E-state index contributed by atoms with van der Waals surface area (Å²) in [5.41, 5.74) is 1.22. The monoisotopic (exact) mass is 291 g/mol. The van der Waals surface area contributed by atoms with Gasteiger partial charge in [0.05, 0.1) is 18.5 Å². The molecule has 0 saturated heterocycles. The third-order valence-corrected chi connectivity index (χ3v) is 2.88. The summed E-state index contributed by atoms with van der Waals surface area (Å²) < 4.78 is 0. The summed E-state index contributed by atoms with van der Waals surface area (Å²) >= 11 is 5.83. The fourth-order valence-electron chi connectivity index (χ4n) is 1.79. The highest BCUT2D eigenvalue weighted by Gasteiger charge is 2.21. The van der Waals surface area contributed by atoms with Gasteiger partial charge in [-0.2, -0.15) is 0 Å². The summed E-state index contributed by atoms with van der Waals surface area (Å²) in [5.74, 6) is -0.747. The summed E-state index contributed by atoms with van der Waals surface area (Å²) in [4.78, 5) is 10.4. The number of carboxylic acids is 1. The first-order valence-electron chi connectivity index (χ1n) is 5.70. The predicted octanol–water partition coefficient (Wildman–Crippen LogP) is -1.30. The Morgan fingerprint density at radius 2 is 1.89 bits per heavy atom. The van der Waals surface area contributed by atoms with E-state index in [2.05, 4.69) is 19.2 Å². The van der Waals surface area contributed by atoms with Crippen molar-refractivity contribution < 1.29 is 27.6 Å². The maximum atomic E-state index is 10.4. The van der Waals surface area contributed by atoms with E-state index in [0.29, 0.717) is 6.54 Å². The molecule has 3 N–H and O–H groups in total. The highest BCUT2D eigenvalue weighted by atomic mass is 35.5. The van der Waals surface area contributed by atoms with Crippen LogP contribution in [0, 0.1) is 0 Å². The molecule has 0 spiro atoms. The molecule has 0 amide bonds. The third kappa shape index (κ3) is 6.84. The third-order valence-electron chi connectivity index (χ3n) is 2.63. The second kappa shape index (κ2) is 7.62. The van der Waals surface area contributed by atoms with Crippen LogP contribution in [0.1, 0.15) is 25.8 Å². The van der Waals surface area contributed by atoms with Gasteiger partial charge in [-0.3, -0.25) is 4.79 Å². The molecule has 0 unspecified atom stereocenters. The second-order valence-corrected chi connectivity index (χ2v) is 5.36. The molecule has 102 valence electrons. The summed E-state index contributed by atoms with van der Waals surface area (Å²) in [6.45, 7) is 4.84. The molecule has 3 nitrogen and oxygen atoms in total. The fourth-order valence-corrected chi connectivity index (χ4v) is 1.91. The van der Waals surface area contributed by atoms with Crippen LogP contribution in [0.5, 0.6) is 0 Å². The van der Waals surface area contributed by atoms with Gasteiger partial charge < -0.3 is 22.8 Å². The lowest BCUT2D eigenvalue weighted by Crippen LogP contribution is -3.00. The Bertz CT molecular complexity index is 377. The number of aliphatic carboxylic acids is 1. The van der Waals surface area contributed by atoms with Crippen molar-refractivity contribution in [3.63, 3.8) is 0 Å². The van der Waals surface area contributed by atoms with Gasteiger partial charge >= 0.3 is 5.97 Å². The molecular formula is C13H19Cl2NO2. The van der Waals surface area contributed by atoms with E-state index in [1.807, 2.05) is 24.3 Å². The van der Waals surface area contributed by atoms with Gasteiger partial charge in [0.1, 0.15) is 0 Å². The molecule has 0 fully saturated rings. The normalized spacial score (nSPS) is 10.8. The van der Waals surface area contributed by atoms with Crippen LogP contribution in [0.4, 0.5) is 0 Å². The van der Waals surface area contributed by atoms with Gasteiger partial charge in [-0.1, -0.05) is 23.7 Å². The molecule has 0 aliphatic heterocycles. The van der Waals surface area contributed by atoms with E-state index in [0.717, 1.165) is 11.4 Å². The fraction of sp³-hybridized carbons (Fsp3) is 0.462. The largest absolute Gasteiger partial charge is 1.00 e. The van der Waals surface area contributed by atoms with E-state index in [9.17, 15) is 4.79 Å². The van der Waals surface area contributed by atoms with E-state index in [1.165, 1.54) is 5.56 Å². The molecule has 1 aromatic carbocycles. The summed E-state index contributed by atoms with van der Waals surface area (Å²) in [7, 11) is 0. The summed E-state index contributed by atoms with van der Waals surface area (Å²) in [5, 5.41) is 11.4. The zero-order valence-electron chi connectivity index (χ0n) is 10.6. The van der Waals surface area contributed by atoms with Crippen LogP contribution >= 0.6 is 11.6 Å². The SMILES string of the molecule is CC(C)(Cc1ccc(Cl)cc1)[NH2+]CCC(=O)O.[Cl-]. The zero-order chi connectivity index (χ0) is 12.9. The Hall–Kier alpha value is -0.770. The van der Waals surface area contributed by atoms with Crippen molar-refractivity contribution in [1.29, 1.82) is 0 Å². The molecule has 0 aromatic heterocycles. The van der Waals surface area contributed by atoms with Crippen LogP contribution in [0.3, 0.4) is 0 Å². The first-order chi connectivity index (χ1) is 7.89. The number of halogens is 2. The van der Waals surface area contributed by atoms with Crippen molar-refractivity contribution in [2.45, 2.75) is 32.2 Å². The van der Waals surface area contributed by atoms with Crippen molar-refractivity contribution in [1.82, 2.24) is 0 Å². The summed E-state index contributed by atoms with van der Waals surface area (Å²) in [6.07, 6.45) is 1.09. The number of hydrogen-bond donors (Lipinski definition) is 2. The molecule has 0 radical (unpaired) electrons.